The number of hydrogen-bond acceptors (Lipinski definition) is 0. The molecule has 3 heteroatoms. The van der Waals surface area contributed by atoms with Crippen molar-refractivity contribution in [1.82, 2.24) is 0 Å². The van der Waals surface area contributed by atoms with Gasteiger partial charge in [-0.1, -0.05) is 0 Å². The summed E-state index contributed by atoms with van der Waals surface area (Å²) in [5.74, 6) is 0. The first-order chi connectivity index (χ1) is 2.77. The Labute approximate surface area is 50.7 Å². The van der Waals surface area contributed by atoms with Gasteiger partial charge in [-0.3, -0.25) is 0 Å². The molecule has 0 aromatic carbocycles. The van der Waals surface area contributed by atoms with Crippen molar-refractivity contribution in [3.8, 4) is 0 Å². The number of allylic oxidation sites excluding steroid dienone is 1. The van der Waals surface area contributed by atoms with Crippen LogP contribution in [-0.2, 0) is 0 Å². The van der Waals surface area contributed by atoms with Gasteiger partial charge in [-0.25, -0.2) is 0 Å². The van der Waals surface area contributed by atoms with Crippen molar-refractivity contribution in [2.24, 2.45) is 0 Å². The first kappa shape index (κ1) is 6.88. The predicted molar refractivity (Wildman–Crippen MR) is 32.3 cm³/mol. The van der Waals surface area contributed by atoms with Gasteiger partial charge in [0, 0.05) is 0 Å². The van der Waals surface area contributed by atoms with E-state index in [9.17, 15) is 0 Å². The maximum atomic E-state index is 5.40. The molecule has 0 rings (SSSR count). The Hall–Kier alpha value is 0.878. The molecule has 0 aromatic rings. The summed E-state index contributed by atoms with van der Waals surface area (Å²) in [4.78, 5) is 1.84. The van der Waals surface area contributed by atoms with Crippen molar-refractivity contribution in [2.75, 3.05) is 0 Å². The van der Waals surface area contributed by atoms with Crippen molar-refractivity contribution in [3.05, 3.63) is 10.9 Å². The molecule has 0 aliphatic heterocycles. The first-order valence-corrected chi connectivity index (χ1v) is 7.52. The van der Waals surface area contributed by atoms with Crippen LogP contribution in [0, 0.1) is 0 Å². The zero-order valence-electron chi connectivity index (χ0n) is 3.36. The summed E-state index contributed by atoms with van der Waals surface area (Å²) in [6, 6.07) is 0. The Morgan fingerprint density at radius 1 is 1.50 bits per heavy atom. The third kappa shape index (κ3) is 4.88. The minimum absolute atomic E-state index is 1.46. The summed E-state index contributed by atoms with van der Waals surface area (Å²) in [5, 5.41) is 0. The van der Waals surface area contributed by atoms with Gasteiger partial charge < -0.3 is 0 Å². The van der Waals surface area contributed by atoms with E-state index in [1.165, 1.54) is 0 Å². The van der Waals surface area contributed by atoms with Crippen molar-refractivity contribution in [1.29, 1.82) is 0 Å². The molecule has 0 N–H and O–H groups in total. The molecule has 0 unspecified atom stereocenters. The summed E-state index contributed by atoms with van der Waals surface area (Å²) < 4.78 is 0. The van der Waals surface area contributed by atoms with Crippen LogP contribution in [0.5, 0.6) is 0 Å². The van der Waals surface area contributed by atoms with E-state index in [1.807, 2.05) is 17.9 Å². The maximum absolute atomic E-state index is 5.40. The summed E-state index contributed by atoms with van der Waals surface area (Å²) >= 11 is -1.46. The van der Waals surface area contributed by atoms with Crippen LogP contribution >= 0.6 is 19.9 Å². The van der Waals surface area contributed by atoms with Crippen LogP contribution in [0.3, 0.4) is 0 Å². The van der Waals surface area contributed by atoms with Crippen LogP contribution in [0.1, 0.15) is 6.92 Å². The molecule has 0 saturated heterocycles. The molecule has 0 aromatic heterocycles. The molecular formula is C3H5AsCl2. The number of halogens is 2. The van der Waals surface area contributed by atoms with Gasteiger partial charge in [0.25, 0.3) is 0 Å². The van der Waals surface area contributed by atoms with Gasteiger partial charge >= 0.3 is 50.5 Å². The first-order valence-electron chi connectivity index (χ1n) is 1.51. The van der Waals surface area contributed by atoms with E-state index in [2.05, 4.69) is 0 Å². The fourth-order valence-corrected chi connectivity index (χ4v) is 1.76. The monoisotopic (exact) mass is 186 g/mol. The fourth-order valence-electron chi connectivity index (χ4n) is 0.113. The topological polar surface area (TPSA) is 0 Å². The van der Waals surface area contributed by atoms with E-state index in [1.54, 1.807) is 0 Å². The Morgan fingerprint density at radius 2 is 2.00 bits per heavy atom. The van der Waals surface area contributed by atoms with Gasteiger partial charge in [0.15, 0.2) is 0 Å². The predicted octanol–water partition coefficient (Wildman–Crippen LogP) is 2.07. The molecule has 6 heavy (non-hydrogen) atoms. The van der Waals surface area contributed by atoms with Gasteiger partial charge in [0.05, 0.1) is 0 Å². The molecule has 0 heterocycles. The van der Waals surface area contributed by atoms with Gasteiger partial charge in [-0.2, -0.15) is 0 Å². The third-order valence-corrected chi connectivity index (χ3v) is 2.53. The van der Waals surface area contributed by atoms with Crippen LogP contribution in [0.2, 0.25) is 0 Å². The molecule has 0 aliphatic carbocycles. The van der Waals surface area contributed by atoms with Crippen LogP contribution < -0.4 is 0 Å². The van der Waals surface area contributed by atoms with E-state index in [0.717, 1.165) is 0 Å². The van der Waals surface area contributed by atoms with Gasteiger partial charge in [-0.05, 0) is 0 Å². The Morgan fingerprint density at radius 3 is 2.00 bits per heavy atom. The quantitative estimate of drug-likeness (QED) is 0.551. The van der Waals surface area contributed by atoms with E-state index < -0.39 is 12.8 Å². The third-order valence-electron chi connectivity index (χ3n) is 0.262. The van der Waals surface area contributed by atoms with Gasteiger partial charge in [-0.15, -0.1) is 0 Å². The summed E-state index contributed by atoms with van der Waals surface area (Å²) in [6.07, 6.45) is 1.88. The molecule has 0 radical (unpaired) electrons. The van der Waals surface area contributed by atoms with Crippen LogP contribution in [0.25, 0.3) is 0 Å². The van der Waals surface area contributed by atoms with Crippen molar-refractivity contribution in [2.45, 2.75) is 6.92 Å². The Kier molecular flexibility index (Phi) is 4.64. The normalized spacial score (nSPS) is 11.3. The molecular weight excluding hydrogens is 182 g/mol. The molecule has 0 aliphatic rings. The minimum atomic E-state index is -1.46. The molecule has 0 spiro atoms. The van der Waals surface area contributed by atoms with E-state index in [0.29, 0.717) is 0 Å². The van der Waals surface area contributed by atoms with Gasteiger partial charge in [0.2, 0.25) is 0 Å². The second-order valence-electron chi connectivity index (χ2n) is 0.741. The average Bonchev–Trinajstić information content (AvgIpc) is 1.35. The molecule has 0 atom stereocenters. The standard InChI is InChI=1S/C3H5AsCl2/c1-2-3-4(5)6/h2-3H,1H3/b3-2-. The van der Waals surface area contributed by atoms with Crippen molar-refractivity contribution < 1.29 is 0 Å². The zero-order valence-corrected chi connectivity index (χ0v) is 6.75. The van der Waals surface area contributed by atoms with Crippen LogP contribution in [0.15, 0.2) is 10.9 Å². The summed E-state index contributed by atoms with van der Waals surface area (Å²) in [5.41, 5.74) is 0. The second kappa shape index (κ2) is 4.05. The Balaban J connectivity index is 3.03. The summed E-state index contributed by atoms with van der Waals surface area (Å²) in [7, 11) is 10.8. The Bertz CT molecular complexity index is 50.8. The van der Waals surface area contributed by atoms with E-state index in [-0.39, 0.29) is 0 Å². The van der Waals surface area contributed by atoms with Gasteiger partial charge in [0.1, 0.15) is 0 Å². The SMILES string of the molecule is C/C=C\[As](Cl)Cl. The van der Waals surface area contributed by atoms with Crippen molar-refractivity contribution >= 4 is 32.7 Å². The number of rotatable bonds is 1. The fraction of sp³-hybridized carbons (Fsp3) is 0.333. The van der Waals surface area contributed by atoms with E-state index >= 15 is 0 Å². The zero-order chi connectivity index (χ0) is 4.99. The molecule has 0 saturated carbocycles. The number of hydrogen-bond donors (Lipinski definition) is 0. The summed E-state index contributed by atoms with van der Waals surface area (Å²) in [6.45, 7) is 1.91. The van der Waals surface area contributed by atoms with Crippen LogP contribution in [-0.4, -0.2) is 12.8 Å². The molecule has 0 amide bonds. The van der Waals surface area contributed by atoms with Crippen molar-refractivity contribution in [3.63, 3.8) is 0 Å². The second-order valence-corrected chi connectivity index (χ2v) is 7.14. The molecule has 0 nitrogen and oxygen atoms in total. The average molecular weight is 187 g/mol. The van der Waals surface area contributed by atoms with Crippen LogP contribution in [0.4, 0.5) is 0 Å². The molecule has 36 valence electrons. The van der Waals surface area contributed by atoms with E-state index in [4.69, 9.17) is 19.9 Å². The molecule has 0 bridgehead atoms. The molecule has 0 fully saturated rings.